The third kappa shape index (κ3) is 5.47. The summed E-state index contributed by atoms with van der Waals surface area (Å²) in [6.45, 7) is 7.62. The first-order valence-electron chi connectivity index (χ1n) is 12.8. The van der Waals surface area contributed by atoms with E-state index < -0.39 is 6.10 Å². The Balaban J connectivity index is 1.35. The summed E-state index contributed by atoms with van der Waals surface area (Å²) in [5.74, 6) is 2.33. The second-order valence-electron chi connectivity index (χ2n) is 9.69. The molecule has 37 heavy (non-hydrogen) atoms. The summed E-state index contributed by atoms with van der Waals surface area (Å²) in [7, 11) is 0. The van der Waals surface area contributed by atoms with Gasteiger partial charge in [-0.3, -0.25) is 4.79 Å². The standard InChI is InChI=1S/C30H33N3O4/c1-4-36-25-11-9-23(10-12-25)32-17-22(16-29(32)35)30-31-27-7-5-6-8-28(27)33(30)18-24(34)19-37-26-14-20(2)13-21(3)15-26/h5-15,22,24,34H,4,16-19H2,1-3H3/t22-,24-/m1/s1. The maximum atomic E-state index is 13.0. The minimum absolute atomic E-state index is 0.0615. The molecule has 0 unspecified atom stereocenters. The van der Waals surface area contributed by atoms with Crippen molar-refractivity contribution in [3.8, 4) is 11.5 Å². The Bertz CT molecular complexity index is 1380. The number of fused-ring (bicyclic) bond motifs is 1. The van der Waals surface area contributed by atoms with E-state index in [0.29, 0.717) is 26.1 Å². The smallest absolute Gasteiger partial charge is 0.227 e. The zero-order chi connectivity index (χ0) is 25.9. The molecule has 7 heteroatoms. The maximum absolute atomic E-state index is 13.0. The van der Waals surface area contributed by atoms with Crippen molar-refractivity contribution in [2.75, 3.05) is 24.7 Å². The van der Waals surface area contributed by atoms with E-state index in [9.17, 15) is 9.90 Å². The lowest BCUT2D eigenvalue weighted by atomic mass is 10.1. The third-order valence-corrected chi connectivity index (χ3v) is 6.66. The predicted octanol–water partition coefficient (Wildman–Crippen LogP) is 5.01. The molecule has 0 bridgehead atoms. The van der Waals surface area contributed by atoms with E-state index >= 15 is 0 Å². The van der Waals surface area contributed by atoms with Crippen molar-refractivity contribution < 1.29 is 19.4 Å². The Hall–Kier alpha value is -3.84. The van der Waals surface area contributed by atoms with E-state index in [1.165, 1.54) is 0 Å². The van der Waals surface area contributed by atoms with Gasteiger partial charge in [-0.15, -0.1) is 0 Å². The van der Waals surface area contributed by atoms with Crippen molar-refractivity contribution >= 4 is 22.6 Å². The molecule has 7 nitrogen and oxygen atoms in total. The first-order chi connectivity index (χ1) is 17.9. The average Bonchev–Trinajstić information content (AvgIpc) is 3.43. The quantitative estimate of drug-likeness (QED) is 0.350. The van der Waals surface area contributed by atoms with Crippen molar-refractivity contribution in [2.24, 2.45) is 0 Å². The highest BCUT2D eigenvalue weighted by molar-refractivity contribution is 5.96. The summed E-state index contributed by atoms with van der Waals surface area (Å²) in [4.78, 5) is 19.7. The molecule has 2 atom stereocenters. The fourth-order valence-electron chi connectivity index (χ4n) is 5.09. The minimum Gasteiger partial charge on any atom is -0.494 e. The molecule has 3 aromatic carbocycles. The topological polar surface area (TPSA) is 76.8 Å². The molecule has 1 fully saturated rings. The van der Waals surface area contributed by atoms with Gasteiger partial charge in [-0.05, 0) is 80.4 Å². The van der Waals surface area contributed by atoms with Crippen LogP contribution in [0.25, 0.3) is 11.0 Å². The average molecular weight is 500 g/mol. The number of benzene rings is 3. The van der Waals surface area contributed by atoms with Gasteiger partial charge in [0.05, 0.1) is 24.2 Å². The highest BCUT2D eigenvalue weighted by Gasteiger charge is 2.35. The van der Waals surface area contributed by atoms with Crippen molar-refractivity contribution in [1.82, 2.24) is 9.55 Å². The maximum Gasteiger partial charge on any atom is 0.227 e. The van der Waals surface area contributed by atoms with Crippen LogP contribution in [0.4, 0.5) is 5.69 Å². The van der Waals surface area contributed by atoms with E-state index in [0.717, 1.165) is 45.2 Å². The second kappa shape index (κ2) is 10.6. The van der Waals surface area contributed by atoms with Gasteiger partial charge in [0, 0.05) is 24.6 Å². The molecule has 0 saturated carbocycles. The van der Waals surface area contributed by atoms with Crippen LogP contribution in [0.3, 0.4) is 0 Å². The molecule has 1 N–H and O–H groups in total. The molecule has 0 spiro atoms. The number of para-hydroxylation sites is 2. The number of hydrogen-bond donors (Lipinski definition) is 1. The number of aliphatic hydroxyl groups is 1. The third-order valence-electron chi connectivity index (χ3n) is 6.66. The molecule has 2 heterocycles. The van der Waals surface area contributed by atoms with Crippen molar-refractivity contribution in [1.29, 1.82) is 0 Å². The van der Waals surface area contributed by atoms with E-state index in [1.807, 2.05) is 90.9 Å². The molecule has 1 aliphatic heterocycles. The van der Waals surface area contributed by atoms with Crippen LogP contribution in [-0.2, 0) is 11.3 Å². The number of aryl methyl sites for hydroxylation is 2. The predicted molar refractivity (Wildman–Crippen MR) is 144 cm³/mol. The monoisotopic (exact) mass is 499 g/mol. The van der Waals surface area contributed by atoms with Gasteiger partial charge < -0.3 is 24.0 Å². The Kier molecular flexibility index (Phi) is 7.15. The Morgan fingerprint density at radius 2 is 1.73 bits per heavy atom. The van der Waals surface area contributed by atoms with Gasteiger partial charge in [-0.1, -0.05) is 18.2 Å². The first kappa shape index (κ1) is 24.8. The van der Waals surface area contributed by atoms with Gasteiger partial charge in [0.1, 0.15) is 30.0 Å². The van der Waals surface area contributed by atoms with Gasteiger partial charge in [0.15, 0.2) is 0 Å². The number of imidazole rings is 1. The Labute approximate surface area is 217 Å². The van der Waals surface area contributed by atoms with Crippen molar-refractivity contribution in [3.63, 3.8) is 0 Å². The zero-order valence-corrected chi connectivity index (χ0v) is 21.6. The summed E-state index contributed by atoms with van der Waals surface area (Å²) >= 11 is 0. The summed E-state index contributed by atoms with van der Waals surface area (Å²) in [5.41, 5.74) is 4.88. The number of ether oxygens (including phenoxy) is 2. The second-order valence-corrected chi connectivity index (χ2v) is 9.69. The summed E-state index contributed by atoms with van der Waals surface area (Å²) in [6, 6.07) is 21.5. The van der Waals surface area contributed by atoms with Crippen LogP contribution < -0.4 is 14.4 Å². The van der Waals surface area contributed by atoms with E-state index in [-0.39, 0.29) is 18.4 Å². The van der Waals surface area contributed by atoms with Crippen LogP contribution in [0.5, 0.6) is 11.5 Å². The number of hydrogen-bond acceptors (Lipinski definition) is 5. The van der Waals surface area contributed by atoms with Crippen LogP contribution in [0.15, 0.2) is 66.7 Å². The number of rotatable bonds is 9. The van der Waals surface area contributed by atoms with E-state index in [1.54, 1.807) is 0 Å². The molecular weight excluding hydrogens is 466 g/mol. The Morgan fingerprint density at radius 1 is 1.00 bits per heavy atom. The number of nitrogens with zero attached hydrogens (tertiary/aromatic N) is 3. The van der Waals surface area contributed by atoms with Crippen LogP contribution in [0.2, 0.25) is 0 Å². The van der Waals surface area contributed by atoms with E-state index in [4.69, 9.17) is 14.5 Å². The Morgan fingerprint density at radius 3 is 2.46 bits per heavy atom. The normalized spacial score (nSPS) is 16.4. The number of aliphatic hydroxyl groups excluding tert-OH is 1. The first-order valence-corrected chi connectivity index (χ1v) is 12.8. The van der Waals surface area contributed by atoms with Gasteiger partial charge in [0.25, 0.3) is 0 Å². The molecule has 1 aliphatic rings. The van der Waals surface area contributed by atoms with Crippen molar-refractivity contribution in [2.45, 2.75) is 45.8 Å². The van der Waals surface area contributed by atoms with Gasteiger partial charge in [-0.25, -0.2) is 4.98 Å². The number of carbonyl (C=O) groups is 1. The number of amides is 1. The van der Waals surface area contributed by atoms with Crippen LogP contribution in [0.1, 0.15) is 36.2 Å². The lowest BCUT2D eigenvalue weighted by Gasteiger charge is -2.19. The van der Waals surface area contributed by atoms with Gasteiger partial charge in [-0.2, -0.15) is 0 Å². The molecule has 4 aromatic rings. The zero-order valence-electron chi connectivity index (χ0n) is 21.6. The fraction of sp³-hybridized carbons (Fsp3) is 0.333. The van der Waals surface area contributed by atoms with Gasteiger partial charge in [0.2, 0.25) is 5.91 Å². The molecule has 1 amide bonds. The SMILES string of the molecule is CCOc1ccc(N2C[C@H](c3nc4ccccc4n3C[C@@H](O)COc3cc(C)cc(C)c3)CC2=O)cc1. The number of carbonyl (C=O) groups excluding carboxylic acids is 1. The molecule has 1 aromatic heterocycles. The molecular formula is C30H33N3O4. The highest BCUT2D eigenvalue weighted by atomic mass is 16.5. The van der Waals surface area contributed by atoms with Gasteiger partial charge >= 0.3 is 0 Å². The van der Waals surface area contributed by atoms with Crippen LogP contribution >= 0.6 is 0 Å². The fourth-order valence-corrected chi connectivity index (χ4v) is 5.09. The molecule has 192 valence electrons. The highest BCUT2D eigenvalue weighted by Crippen LogP contribution is 2.34. The molecule has 5 rings (SSSR count). The van der Waals surface area contributed by atoms with Crippen molar-refractivity contribution in [3.05, 3.63) is 83.7 Å². The largest absolute Gasteiger partial charge is 0.494 e. The lowest BCUT2D eigenvalue weighted by molar-refractivity contribution is -0.117. The summed E-state index contributed by atoms with van der Waals surface area (Å²) in [5, 5.41) is 10.9. The lowest BCUT2D eigenvalue weighted by Crippen LogP contribution is -2.26. The van der Waals surface area contributed by atoms with E-state index in [2.05, 4.69) is 6.07 Å². The molecule has 1 saturated heterocycles. The minimum atomic E-state index is -0.739. The summed E-state index contributed by atoms with van der Waals surface area (Å²) < 4.78 is 13.5. The number of anilines is 1. The molecule has 0 radical (unpaired) electrons. The number of aromatic nitrogens is 2. The molecule has 0 aliphatic carbocycles. The summed E-state index contributed by atoms with van der Waals surface area (Å²) in [6.07, 6.45) is -0.373. The van der Waals surface area contributed by atoms with Crippen LogP contribution in [-0.4, -0.2) is 46.4 Å². The van der Waals surface area contributed by atoms with Crippen LogP contribution in [0, 0.1) is 13.8 Å².